The summed E-state index contributed by atoms with van der Waals surface area (Å²) in [6, 6.07) is 0. The first kappa shape index (κ1) is 9.48. The third-order valence-corrected chi connectivity index (χ3v) is 1.33. The highest BCUT2D eigenvalue weighted by molar-refractivity contribution is 4.97. The molecule has 0 aromatic rings. The van der Waals surface area contributed by atoms with Crippen LogP contribution in [0.3, 0.4) is 0 Å². The first-order valence-corrected chi connectivity index (χ1v) is 3.84. The van der Waals surface area contributed by atoms with Gasteiger partial charge < -0.3 is 0 Å². The van der Waals surface area contributed by atoms with E-state index < -0.39 is 0 Å². The second-order valence-corrected chi connectivity index (χ2v) is 3.76. The molecule has 0 heteroatoms. The summed E-state index contributed by atoms with van der Waals surface area (Å²) in [5.41, 5.74) is 0.464. The quantitative estimate of drug-likeness (QED) is 0.523. The molecule has 0 aliphatic heterocycles. The first-order chi connectivity index (χ1) is 4.56. The lowest BCUT2D eigenvalue weighted by Crippen LogP contribution is -2.02. The summed E-state index contributed by atoms with van der Waals surface area (Å²) >= 11 is 0. The summed E-state index contributed by atoms with van der Waals surface area (Å²) in [7, 11) is 0. The van der Waals surface area contributed by atoms with E-state index in [4.69, 9.17) is 0 Å². The molecule has 0 rings (SSSR count). The highest BCUT2D eigenvalue weighted by Crippen LogP contribution is 2.20. The molecule has 58 valence electrons. The number of allylic oxidation sites excluding steroid dienone is 3. The third-order valence-electron chi connectivity index (χ3n) is 1.33. The molecule has 0 nitrogen and oxygen atoms in total. The topological polar surface area (TPSA) is 0 Å². The van der Waals surface area contributed by atoms with Crippen molar-refractivity contribution in [1.29, 1.82) is 0 Å². The molecule has 0 aliphatic rings. The molecule has 0 aliphatic carbocycles. The minimum atomic E-state index is 0.464. The zero-order valence-corrected chi connectivity index (χ0v) is 7.35. The van der Waals surface area contributed by atoms with Gasteiger partial charge in [-0.25, -0.2) is 0 Å². The number of rotatable bonds is 3. The number of hydrogen-bond donors (Lipinski definition) is 0. The van der Waals surface area contributed by atoms with Gasteiger partial charge in [-0.1, -0.05) is 45.6 Å². The van der Waals surface area contributed by atoms with Crippen LogP contribution in [0.1, 0.15) is 33.6 Å². The summed E-state index contributed by atoms with van der Waals surface area (Å²) in [5, 5.41) is 0. The van der Waals surface area contributed by atoms with Crippen LogP contribution in [0.25, 0.3) is 0 Å². The van der Waals surface area contributed by atoms with Gasteiger partial charge in [0.25, 0.3) is 0 Å². The first-order valence-electron chi connectivity index (χ1n) is 3.84. The fourth-order valence-electron chi connectivity index (χ4n) is 0.709. The summed E-state index contributed by atoms with van der Waals surface area (Å²) < 4.78 is 0. The van der Waals surface area contributed by atoms with E-state index in [0.717, 1.165) is 6.42 Å². The lowest BCUT2D eigenvalue weighted by Gasteiger charge is -2.15. The smallest absolute Gasteiger partial charge is 0.0343 e. The summed E-state index contributed by atoms with van der Waals surface area (Å²) in [6.07, 6.45) is 8.40. The molecule has 0 aromatic heterocycles. The molecule has 10 heavy (non-hydrogen) atoms. The molecule has 0 N–H and O–H groups in total. The Morgan fingerprint density at radius 3 is 2.30 bits per heavy atom. The van der Waals surface area contributed by atoms with E-state index in [0.29, 0.717) is 5.41 Å². The van der Waals surface area contributed by atoms with Gasteiger partial charge in [0, 0.05) is 0 Å². The average Bonchev–Trinajstić information content (AvgIpc) is 1.78. The van der Waals surface area contributed by atoms with Crippen LogP contribution in [0.4, 0.5) is 0 Å². The van der Waals surface area contributed by atoms with Crippen LogP contribution in [0.2, 0.25) is 0 Å². The fourth-order valence-corrected chi connectivity index (χ4v) is 0.709. The van der Waals surface area contributed by atoms with E-state index in [2.05, 4.69) is 33.4 Å². The largest absolute Gasteiger partial charge is 0.0991 e. The fraction of sp³-hybridized carbons (Fsp3) is 0.600. The van der Waals surface area contributed by atoms with Crippen molar-refractivity contribution in [2.24, 2.45) is 5.41 Å². The molecule has 0 atom stereocenters. The van der Waals surface area contributed by atoms with Crippen LogP contribution in [0, 0.1) is 5.41 Å². The van der Waals surface area contributed by atoms with Crippen molar-refractivity contribution in [3.05, 3.63) is 24.8 Å². The molecule has 0 spiro atoms. The van der Waals surface area contributed by atoms with Crippen LogP contribution in [-0.2, 0) is 0 Å². The Morgan fingerprint density at radius 2 is 1.90 bits per heavy atom. The highest BCUT2D eigenvalue weighted by atomic mass is 14.1. The SMILES string of the molecule is C=CC=CCCC(C)(C)C. The summed E-state index contributed by atoms with van der Waals surface area (Å²) in [4.78, 5) is 0. The Bertz CT molecular complexity index is 112. The summed E-state index contributed by atoms with van der Waals surface area (Å²) in [6.45, 7) is 10.4. The maximum atomic E-state index is 3.61. The maximum absolute atomic E-state index is 3.61. The van der Waals surface area contributed by atoms with Gasteiger partial charge >= 0.3 is 0 Å². The lowest BCUT2D eigenvalue weighted by atomic mass is 9.90. The zero-order chi connectivity index (χ0) is 8.04. The van der Waals surface area contributed by atoms with Crippen molar-refractivity contribution in [1.82, 2.24) is 0 Å². The highest BCUT2D eigenvalue weighted by Gasteiger charge is 2.06. The Balaban J connectivity index is 3.37. The van der Waals surface area contributed by atoms with Crippen LogP contribution in [0.5, 0.6) is 0 Å². The Kier molecular flexibility index (Phi) is 4.10. The molecule has 0 fully saturated rings. The van der Waals surface area contributed by atoms with Crippen LogP contribution >= 0.6 is 0 Å². The Morgan fingerprint density at radius 1 is 1.30 bits per heavy atom. The molecule has 0 aromatic carbocycles. The van der Waals surface area contributed by atoms with Crippen LogP contribution in [-0.4, -0.2) is 0 Å². The zero-order valence-electron chi connectivity index (χ0n) is 7.35. The van der Waals surface area contributed by atoms with E-state index in [-0.39, 0.29) is 0 Å². The number of hydrogen-bond acceptors (Lipinski definition) is 0. The van der Waals surface area contributed by atoms with E-state index in [1.165, 1.54) is 6.42 Å². The van der Waals surface area contributed by atoms with Gasteiger partial charge in [0.2, 0.25) is 0 Å². The van der Waals surface area contributed by atoms with Gasteiger partial charge in [-0.15, -0.1) is 0 Å². The van der Waals surface area contributed by atoms with E-state index in [1.54, 1.807) is 0 Å². The molecular weight excluding hydrogens is 120 g/mol. The predicted molar refractivity (Wildman–Crippen MR) is 48.0 cm³/mol. The molecule has 0 saturated carbocycles. The second-order valence-electron chi connectivity index (χ2n) is 3.76. The minimum absolute atomic E-state index is 0.464. The predicted octanol–water partition coefficient (Wildman–Crippen LogP) is 3.55. The Hall–Kier alpha value is -0.520. The Labute approximate surface area is 64.6 Å². The normalized spacial score (nSPS) is 12.3. The average molecular weight is 138 g/mol. The van der Waals surface area contributed by atoms with Gasteiger partial charge in [0.05, 0.1) is 0 Å². The molecule has 0 saturated heterocycles. The van der Waals surface area contributed by atoms with Crippen LogP contribution < -0.4 is 0 Å². The monoisotopic (exact) mass is 138 g/mol. The van der Waals surface area contributed by atoms with Gasteiger partial charge in [0.15, 0.2) is 0 Å². The van der Waals surface area contributed by atoms with Crippen molar-refractivity contribution in [3.63, 3.8) is 0 Å². The molecule has 0 unspecified atom stereocenters. The van der Waals surface area contributed by atoms with Gasteiger partial charge in [-0.05, 0) is 18.3 Å². The summed E-state index contributed by atoms with van der Waals surface area (Å²) in [5.74, 6) is 0. The molecule has 0 amide bonds. The molecule has 0 radical (unpaired) electrons. The second kappa shape index (κ2) is 4.32. The van der Waals surface area contributed by atoms with Crippen molar-refractivity contribution in [2.75, 3.05) is 0 Å². The van der Waals surface area contributed by atoms with E-state index >= 15 is 0 Å². The minimum Gasteiger partial charge on any atom is -0.0991 e. The van der Waals surface area contributed by atoms with Crippen molar-refractivity contribution in [2.45, 2.75) is 33.6 Å². The lowest BCUT2D eigenvalue weighted by molar-refractivity contribution is 0.381. The van der Waals surface area contributed by atoms with Gasteiger partial charge in [-0.3, -0.25) is 0 Å². The van der Waals surface area contributed by atoms with E-state index in [1.807, 2.05) is 12.2 Å². The standard InChI is InChI=1S/C10H18/c1-5-6-7-8-9-10(2,3)4/h5-7H,1,8-9H2,2-4H3. The van der Waals surface area contributed by atoms with E-state index in [9.17, 15) is 0 Å². The van der Waals surface area contributed by atoms with Crippen LogP contribution in [0.15, 0.2) is 24.8 Å². The van der Waals surface area contributed by atoms with Gasteiger partial charge in [-0.2, -0.15) is 0 Å². The van der Waals surface area contributed by atoms with Gasteiger partial charge in [0.1, 0.15) is 0 Å². The van der Waals surface area contributed by atoms with Crippen molar-refractivity contribution < 1.29 is 0 Å². The molecule has 0 heterocycles. The van der Waals surface area contributed by atoms with Crippen molar-refractivity contribution in [3.8, 4) is 0 Å². The third kappa shape index (κ3) is 7.48. The molecule has 0 bridgehead atoms. The van der Waals surface area contributed by atoms with Crippen molar-refractivity contribution >= 4 is 0 Å². The molecular formula is C10H18. The maximum Gasteiger partial charge on any atom is -0.0343 e.